The molecule has 25 heavy (non-hydrogen) atoms. The number of nitrogens with zero attached hydrogens (tertiary/aromatic N) is 3. The predicted molar refractivity (Wildman–Crippen MR) is 100.0 cm³/mol. The molecule has 0 saturated carbocycles. The SMILES string of the molecule is CC1CCC(C)N1CCN1CCN(Cc2cccc(C(=O)O)c2)CC1. The van der Waals surface area contributed by atoms with Gasteiger partial charge >= 0.3 is 5.97 Å². The molecule has 0 amide bonds. The molecule has 2 aliphatic rings. The van der Waals surface area contributed by atoms with Gasteiger partial charge in [0.05, 0.1) is 5.56 Å². The summed E-state index contributed by atoms with van der Waals surface area (Å²) in [4.78, 5) is 18.7. The van der Waals surface area contributed by atoms with Crippen molar-refractivity contribution in [2.75, 3.05) is 39.3 Å². The maximum absolute atomic E-state index is 11.1. The molecule has 0 bridgehead atoms. The van der Waals surface area contributed by atoms with E-state index < -0.39 is 5.97 Å². The molecule has 2 aliphatic heterocycles. The molecule has 0 aliphatic carbocycles. The number of aromatic carboxylic acids is 1. The standard InChI is InChI=1S/C20H31N3O2/c1-16-6-7-17(2)23(16)13-12-21-8-10-22(11-9-21)15-18-4-3-5-19(14-18)20(24)25/h3-5,14,16-17H,6-13,15H2,1-2H3,(H,24,25). The van der Waals surface area contributed by atoms with Crippen molar-refractivity contribution in [3.05, 3.63) is 35.4 Å². The second kappa shape index (κ2) is 8.30. The quantitative estimate of drug-likeness (QED) is 0.858. The molecule has 3 rings (SSSR count). The van der Waals surface area contributed by atoms with Gasteiger partial charge in [0.15, 0.2) is 0 Å². The second-order valence-electron chi connectivity index (χ2n) is 7.64. The third kappa shape index (κ3) is 4.81. The molecule has 5 nitrogen and oxygen atoms in total. The molecule has 0 aromatic heterocycles. The van der Waals surface area contributed by atoms with Gasteiger partial charge in [0.1, 0.15) is 0 Å². The van der Waals surface area contributed by atoms with Crippen LogP contribution in [0.5, 0.6) is 0 Å². The van der Waals surface area contributed by atoms with E-state index in [-0.39, 0.29) is 0 Å². The van der Waals surface area contributed by atoms with Crippen LogP contribution in [-0.4, -0.2) is 77.1 Å². The topological polar surface area (TPSA) is 47.0 Å². The summed E-state index contributed by atoms with van der Waals surface area (Å²) in [7, 11) is 0. The highest BCUT2D eigenvalue weighted by Gasteiger charge is 2.27. The first-order chi connectivity index (χ1) is 12.0. The van der Waals surface area contributed by atoms with Crippen molar-refractivity contribution in [1.29, 1.82) is 0 Å². The maximum Gasteiger partial charge on any atom is 0.335 e. The van der Waals surface area contributed by atoms with Crippen LogP contribution in [0.1, 0.15) is 42.6 Å². The number of hydrogen-bond acceptors (Lipinski definition) is 4. The lowest BCUT2D eigenvalue weighted by Gasteiger charge is -2.36. The lowest BCUT2D eigenvalue weighted by molar-refractivity contribution is 0.0696. The van der Waals surface area contributed by atoms with Crippen molar-refractivity contribution in [2.45, 2.75) is 45.3 Å². The smallest absolute Gasteiger partial charge is 0.335 e. The lowest BCUT2D eigenvalue weighted by Crippen LogP contribution is -2.48. The molecule has 1 N–H and O–H groups in total. The zero-order valence-corrected chi connectivity index (χ0v) is 15.5. The van der Waals surface area contributed by atoms with E-state index in [1.165, 1.54) is 19.4 Å². The molecule has 1 aromatic rings. The molecule has 2 fully saturated rings. The minimum Gasteiger partial charge on any atom is -0.478 e. The molecule has 0 spiro atoms. The number of benzene rings is 1. The Morgan fingerprint density at radius 3 is 2.32 bits per heavy atom. The number of hydrogen-bond donors (Lipinski definition) is 1. The lowest BCUT2D eigenvalue weighted by atomic mass is 10.1. The molecular formula is C20H31N3O2. The fraction of sp³-hybridized carbons (Fsp3) is 0.650. The van der Waals surface area contributed by atoms with Gasteiger partial charge in [0.25, 0.3) is 0 Å². The Bertz CT molecular complexity index is 574. The number of carbonyl (C=O) groups is 1. The van der Waals surface area contributed by atoms with Crippen LogP contribution < -0.4 is 0 Å². The van der Waals surface area contributed by atoms with Gasteiger partial charge in [0, 0.05) is 57.9 Å². The van der Waals surface area contributed by atoms with Crippen LogP contribution >= 0.6 is 0 Å². The first-order valence-corrected chi connectivity index (χ1v) is 9.55. The van der Waals surface area contributed by atoms with Gasteiger partial charge in [-0.25, -0.2) is 4.79 Å². The molecule has 0 radical (unpaired) electrons. The normalized spacial score (nSPS) is 26.2. The average Bonchev–Trinajstić information content (AvgIpc) is 2.93. The first-order valence-electron chi connectivity index (χ1n) is 9.55. The highest BCUT2D eigenvalue weighted by Crippen LogP contribution is 2.23. The van der Waals surface area contributed by atoms with E-state index in [2.05, 4.69) is 28.5 Å². The van der Waals surface area contributed by atoms with E-state index >= 15 is 0 Å². The molecule has 1 aromatic carbocycles. The predicted octanol–water partition coefficient (Wildman–Crippen LogP) is 2.38. The van der Waals surface area contributed by atoms with Crippen LogP contribution in [0.2, 0.25) is 0 Å². The van der Waals surface area contributed by atoms with Crippen molar-refractivity contribution in [1.82, 2.24) is 14.7 Å². The largest absolute Gasteiger partial charge is 0.478 e. The van der Waals surface area contributed by atoms with Gasteiger partial charge in [0.2, 0.25) is 0 Å². The second-order valence-corrected chi connectivity index (χ2v) is 7.64. The van der Waals surface area contributed by atoms with Crippen molar-refractivity contribution in [2.24, 2.45) is 0 Å². The first kappa shape index (κ1) is 18.4. The molecule has 5 heteroatoms. The minimum atomic E-state index is -0.850. The van der Waals surface area contributed by atoms with Crippen LogP contribution in [0.4, 0.5) is 0 Å². The summed E-state index contributed by atoms with van der Waals surface area (Å²) in [5.74, 6) is -0.850. The summed E-state index contributed by atoms with van der Waals surface area (Å²) in [6, 6.07) is 8.78. The van der Waals surface area contributed by atoms with Crippen molar-refractivity contribution in [3.63, 3.8) is 0 Å². The fourth-order valence-corrected chi connectivity index (χ4v) is 4.18. The van der Waals surface area contributed by atoms with Gasteiger partial charge < -0.3 is 5.11 Å². The number of carboxylic acids is 1. The number of rotatable bonds is 6. The van der Waals surface area contributed by atoms with Gasteiger partial charge in [-0.2, -0.15) is 0 Å². The molecular weight excluding hydrogens is 314 g/mol. The summed E-state index contributed by atoms with van der Waals surface area (Å²) >= 11 is 0. The van der Waals surface area contributed by atoms with E-state index in [0.717, 1.165) is 56.9 Å². The Hall–Kier alpha value is -1.43. The third-order valence-corrected chi connectivity index (χ3v) is 5.85. The molecule has 2 heterocycles. The number of carboxylic acid groups (broad SMARTS) is 1. The van der Waals surface area contributed by atoms with Crippen LogP contribution in [0, 0.1) is 0 Å². The maximum atomic E-state index is 11.1. The van der Waals surface area contributed by atoms with E-state index in [0.29, 0.717) is 5.56 Å². The van der Waals surface area contributed by atoms with Gasteiger partial charge in [-0.15, -0.1) is 0 Å². The minimum absolute atomic E-state index is 0.380. The van der Waals surface area contributed by atoms with Gasteiger partial charge in [-0.1, -0.05) is 12.1 Å². The van der Waals surface area contributed by atoms with Crippen molar-refractivity contribution >= 4 is 5.97 Å². The number of piperazine rings is 1. The van der Waals surface area contributed by atoms with Gasteiger partial charge in [-0.3, -0.25) is 14.7 Å². The van der Waals surface area contributed by atoms with E-state index in [1.807, 2.05) is 12.1 Å². The summed E-state index contributed by atoms with van der Waals surface area (Å²) in [6.45, 7) is 12.2. The van der Waals surface area contributed by atoms with Crippen molar-refractivity contribution in [3.8, 4) is 0 Å². The Labute approximate surface area is 151 Å². The Kier molecular flexibility index (Phi) is 6.10. The zero-order valence-electron chi connectivity index (χ0n) is 15.5. The van der Waals surface area contributed by atoms with E-state index in [1.54, 1.807) is 12.1 Å². The Balaban J connectivity index is 1.43. The van der Waals surface area contributed by atoms with Crippen LogP contribution in [0.15, 0.2) is 24.3 Å². The highest BCUT2D eigenvalue weighted by atomic mass is 16.4. The summed E-state index contributed by atoms with van der Waals surface area (Å²) in [6.07, 6.45) is 2.68. The Morgan fingerprint density at radius 2 is 1.68 bits per heavy atom. The summed E-state index contributed by atoms with van der Waals surface area (Å²) in [5, 5.41) is 9.11. The highest BCUT2D eigenvalue weighted by molar-refractivity contribution is 5.87. The van der Waals surface area contributed by atoms with Gasteiger partial charge in [-0.05, 0) is 44.4 Å². The van der Waals surface area contributed by atoms with Crippen LogP contribution in [0.3, 0.4) is 0 Å². The van der Waals surface area contributed by atoms with E-state index in [4.69, 9.17) is 5.11 Å². The molecule has 138 valence electrons. The summed E-state index contributed by atoms with van der Waals surface area (Å²) < 4.78 is 0. The molecule has 2 atom stereocenters. The van der Waals surface area contributed by atoms with Crippen LogP contribution in [0.25, 0.3) is 0 Å². The zero-order chi connectivity index (χ0) is 17.8. The Morgan fingerprint density at radius 1 is 1.04 bits per heavy atom. The van der Waals surface area contributed by atoms with E-state index in [9.17, 15) is 4.79 Å². The monoisotopic (exact) mass is 345 g/mol. The molecule has 2 unspecified atom stereocenters. The number of likely N-dealkylation sites (tertiary alicyclic amines) is 1. The third-order valence-electron chi connectivity index (χ3n) is 5.85. The van der Waals surface area contributed by atoms with Crippen molar-refractivity contribution < 1.29 is 9.90 Å². The molecule has 2 saturated heterocycles. The average molecular weight is 345 g/mol. The fourth-order valence-electron chi connectivity index (χ4n) is 4.18. The van der Waals surface area contributed by atoms with Crippen LogP contribution in [-0.2, 0) is 6.54 Å². The summed E-state index contributed by atoms with van der Waals surface area (Å²) in [5.41, 5.74) is 1.47.